The molecule has 1 aromatic heterocycles. The van der Waals surface area contributed by atoms with Crippen molar-refractivity contribution in [3.05, 3.63) is 41.8 Å². The van der Waals surface area contributed by atoms with Crippen molar-refractivity contribution in [3.63, 3.8) is 0 Å². The van der Waals surface area contributed by atoms with E-state index in [2.05, 4.69) is 14.9 Å². The van der Waals surface area contributed by atoms with E-state index in [1.807, 2.05) is 6.92 Å². The molecule has 2 heterocycles. The van der Waals surface area contributed by atoms with E-state index in [4.69, 9.17) is 0 Å². The summed E-state index contributed by atoms with van der Waals surface area (Å²) >= 11 is 0. The molecule has 1 aliphatic rings. The van der Waals surface area contributed by atoms with Crippen molar-refractivity contribution in [2.75, 3.05) is 18.8 Å². The average molecular weight is 394 g/mol. The van der Waals surface area contributed by atoms with E-state index in [1.165, 1.54) is 12.3 Å². The molecule has 1 fully saturated rings. The summed E-state index contributed by atoms with van der Waals surface area (Å²) in [6, 6.07) is 6.04. The normalized spacial score (nSPS) is 15.9. The SMILES string of the molecule is CCCS(=O)(=O)NC1CCN(C(=O)c2cn[nH]c2-c2ccccc2F)CC1. The number of benzene rings is 1. The molecule has 9 heteroatoms. The van der Waals surface area contributed by atoms with Crippen LogP contribution in [0.1, 0.15) is 36.5 Å². The van der Waals surface area contributed by atoms with Gasteiger partial charge in [-0.05, 0) is 31.4 Å². The lowest BCUT2D eigenvalue weighted by Crippen LogP contribution is -2.47. The molecule has 2 aromatic rings. The Labute approximate surface area is 158 Å². The molecule has 0 saturated carbocycles. The number of sulfonamides is 1. The zero-order chi connectivity index (χ0) is 19.4. The quantitative estimate of drug-likeness (QED) is 0.785. The van der Waals surface area contributed by atoms with E-state index in [9.17, 15) is 17.6 Å². The maximum absolute atomic E-state index is 14.1. The largest absolute Gasteiger partial charge is 0.338 e. The molecule has 1 aromatic carbocycles. The lowest BCUT2D eigenvalue weighted by molar-refractivity contribution is 0.0712. The highest BCUT2D eigenvalue weighted by Crippen LogP contribution is 2.26. The van der Waals surface area contributed by atoms with Crippen LogP contribution >= 0.6 is 0 Å². The minimum atomic E-state index is -3.27. The lowest BCUT2D eigenvalue weighted by atomic mass is 10.0. The summed E-state index contributed by atoms with van der Waals surface area (Å²) in [4.78, 5) is 14.5. The van der Waals surface area contributed by atoms with Crippen molar-refractivity contribution in [1.29, 1.82) is 0 Å². The number of aromatic amines is 1. The summed E-state index contributed by atoms with van der Waals surface area (Å²) in [6.07, 6.45) is 3.05. The molecule has 0 atom stereocenters. The van der Waals surface area contributed by atoms with Crippen LogP contribution in [0.2, 0.25) is 0 Å². The van der Waals surface area contributed by atoms with Crippen LogP contribution in [0.4, 0.5) is 4.39 Å². The van der Waals surface area contributed by atoms with Gasteiger partial charge in [-0.15, -0.1) is 0 Å². The number of carbonyl (C=O) groups excluding carboxylic acids is 1. The summed E-state index contributed by atoms with van der Waals surface area (Å²) in [7, 11) is -3.27. The molecule has 0 unspecified atom stereocenters. The minimum Gasteiger partial charge on any atom is -0.338 e. The fraction of sp³-hybridized carbons (Fsp3) is 0.444. The Hall–Kier alpha value is -2.26. The number of H-pyrrole nitrogens is 1. The Balaban J connectivity index is 1.68. The van der Waals surface area contributed by atoms with Crippen molar-refractivity contribution in [2.24, 2.45) is 0 Å². The molecule has 0 spiro atoms. The Morgan fingerprint density at radius 1 is 1.33 bits per heavy atom. The van der Waals surface area contributed by atoms with Crippen LogP contribution in [-0.2, 0) is 10.0 Å². The molecule has 1 aliphatic heterocycles. The number of halogens is 1. The first-order chi connectivity index (χ1) is 12.9. The molecule has 1 saturated heterocycles. The Morgan fingerprint density at radius 3 is 2.70 bits per heavy atom. The van der Waals surface area contributed by atoms with E-state index in [1.54, 1.807) is 23.1 Å². The van der Waals surface area contributed by atoms with Gasteiger partial charge in [-0.1, -0.05) is 19.1 Å². The number of nitrogens with zero attached hydrogens (tertiary/aromatic N) is 2. The topological polar surface area (TPSA) is 95.2 Å². The number of rotatable bonds is 6. The number of nitrogens with one attached hydrogen (secondary N) is 2. The molecule has 0 aliphatic carbocycles. The fourth-order valence-corrected chi connectivity index (χ4v) is 4.67. The zero-order valence-electron chi connectivity index (χ0n) is 15.1. The number of amides is 1. The summed E-state index contributed by atoms with van der Waals surface area (Å²) in [5, 5.41) is 6.62. The Morgan fingerprint density at radius 2 is 2.04 bits per heavy atom. The molecular weight excluding hydrogens is 371 g/mol. The first kappa shape index (κ1) is 19.5. The maximum atomic E-state index is 14.1. The highest BCUT2D eigenvalue weighted by molar-refractivity contribution is 7.89. The van der Waals surface area contributed by atoms with Gasteiger partial charge < -0.3 is 4.90 Å². The number of hydrogen-bond donors (Lipinski definition) is 2. The van der Waals surface area contributed by atoms with E-state index in [-0.39, 0.29) is 17.7 Å². The Bertz CT molecular complexity index is 905. The highest BCUT2D eigenvalue weighted by atomic mass is 32.2. The van der Waals surface area contributed by atoms with Crippen LogP contribution in [0.3, 0.4) is 0 Å². The lowest BCUT2D eigenvalue weighted by Gasteiger charge is -2.32. The van der Waals surface area contributed by atoms with Crippen LogP contribution in [0.25, 0.3) is 11.3 Å². The first-order valence-corrected chi connectivity index (χ1v) is 10.6. The van der Waals surface area contributed by atoms with Crippen LogP contribution in [0, 0.1) is 5.82 Å². The molecule has 1 amide bonds. The van der Waals surface area contributed by atoms with E-state index in [0.29, 0.717) is 49.2 Å². The van der Waals surface area contributed by atoms with Gasteiger partial charge in [-0.3, -0.25) is 9.89 Å². The van der Waals surface area contributed by atoms with Crippen molar-refractivity contribution in [1.82, 2.24) is 19.8 Å². The van der Waals surface area contributed by atoms with Gasteiger partial charge in [0, 0.05) is 24.7 Å². The van der Waals surface area contributed by atoms with Gasteiger partial charge in [0.2, 0.25) is 10.0 Å². The van der Waals surface area contributed by atoms with Gasteiger partial charge in [0.1, 0.15) is 5.82 Å². The standard InChI is InChI=1S/C18H23FN4O3S/c1-2-11-27(25,26)22-13-7-9-23(10-8-13)18(24)15-12-20-21-17(15)14-5-3-4-6-16(14)19/h3-6,12-13,22H,2,7-11H2,1H3,(H,20,21). The van der Waals surface area contributed by atoms with Crippen LogP contribution in [0.15, 0.2) is 30.5 Å². The number of aromatic nitrogens is 2. The fourth-order valence-electron chi connectivity index (χ4n) is 3.27. The summed E-state index contributed by atoms with van der Waals surface area (Å²) in [5.41, 5.74) is 0.953. The Kier molecular flexibility index (Phi) is 5.91. The number of hydrogen-bond acceptors (Lipinski definition) is 4. The van der Waals surface area contributed by atoms with Gasteiger partial charge >= 0.3 is 0 Å². The van der Waals surface area contributed by atoms with Crippen molar-refractivity contribution < 1.29 is 17.6 Å². The van der Waals surface area contributed by atoms with Crippen LogP contribution in [0.5, 0.6) is 0 Å². The third-order valence-electron chi connectivity index (χ3n) is 4.61. The second-order valence-corrected chi connectivity index (χ2v) is 8.52. The zero-order valence-corrected chi connectivity index (χ0v) is 15.9. The molecule has 2 N–H and O–H groups in total. The number of piperidine rings is 1. The summed E-state index contributed by atoms with van der Waals surface area (Å²) < 4.78 is 40.6. The van der Waals surface area contributed by atoms with Gasteiger partial charge in [0.25, 0.3) is 5.91 Å². The van der Waals surface area contributed by atoms with Crippen molar-refractivity contribution in [2.45, 2.75) is 32.2 Å². The predicted octanol–water partition coefficient (Wildman–Crippen LogP) is 2.15. The monoisotopic (exact) mass is 394 g/mol. The third-order valence-corrected chi connectivity index (χ3v) is 6.25. The maximum Gasteiger partial charge on any atom is 0.257 e. The summed E-state index contributed by atoms with van der Waals surface area (Å²) in [6.45, 7) is 2.68. The molecular formula is C18H23FN4O3S. The third kappa shape index (κ3) is 4.54. The number of likely N-dealkylation sites (tertiary alicyclic amines) is 1. The molecule has 146 valence electrons. The van der Waals surface area contributed by atoms with Gasteiger partial charge in [-0.2, -0.15) is 5.10 Å². The molecule has 0 bridgehead atoms. The second kappa shape index (κ2) is 8.18. The molecule has 0 radical (unpaired) electrons. The minimum absolute atomic E-state index is 0.104. The average Bonchev–Trinajstić information content (AvgIpc) is 3.11. The van der Waals surface area contributed by atoms with Crippen LogP contribution in [-0.4, -0.2) is 54.3 Å². The first-order valence-electron chi connectivity index (χ1n) is 8.99. The molecule has 7 nitrogen and oxygen atoms in total. The number of carbonyl (C=O) groups is 1. The molecule has 27 heavy (non-hydrogen) atoms. The predicted molar refractivity (Wildman–Crippen MR) is 100 cm³/mol. The second-order valence-electron chi connectivity index (χ2n) is 6.64. The van der Waals surface area contributed by atoms with Crippen LogP contribution < -0.4 is 4.72 Å². The van der Waals surface area contributed by atoms with E-state index in [0.717, 1.165) is 0 Å². The van der Waals surface area contributed by atoms with Gasteiger partial charge in [0.15, 0.2) is 0 Å². The van der Waals surface area contributed by atoms with E-state index >= 15 is 0 Å². The highest BCUT2D eigenvalue weighted by Gasteiger charge is 2.28. The van der Waals surface area contributed by atoms with Crippen molar-refractivity contribution >= 4 is 15.9 Å². The van der Waals surface area contributed by atoms with Gasteiger partial charge in [-0.25, -0.2) is 17.5 Å². The van der Waals surface area contributed by atoms with Crippen molar-refractivity contribution in [3.8, 4) is 11.3 Å². The van der Waals surface area contributed by atoms with Gasteiger partial charge in [0.05, 0.1) is 23.2 Å². The van der Waals surface area contributed by atoms with E-state index < -0.39 is 15.8 Å². The summed E-state index contributed by atoms with van der Waals surface area (Å²) in [5.74, 6) is -0.565. The smallest absolute Gasteiger partial charge is 0.257 e. The molecule has 3 rings (SSSR count).